The van der Waals surface area contributed by atoms with E-state index < -0.39 is 10.0 Å². The van der Waals surface area contributed by atoms with Crippen LogP contribution in [0.5, 0.6) is 5.75 Å². The molecule has 0 spiro atoms. The fourth-order valence-electron chi connectivity index (χ4n) is 1.70. The van der Waals surface area contributed by atoms with Gasteiger partial charge in [-0.1, -0.05) is 0 Å². The second-order valence-corrected chi connectivity index (χ2v) is 5.06. The molecule has 0 aliphatic carbocycles. The van der Waals surface area contributed by atoms with E-state index >= 15 is 0 Å². The Kier molecular flexibility index (Phi) is 2.34. The Labute approximate surface area is 93.4 Å². The monoisotopic (exact) mass is 241 g/mol. The van der Waals surface area contributed by atoms with Crippen molar-refractivity contribution in [1.82, 2.24) is 9.29 Å². The third kappa shape index (κ3) is 1.21. The minimum Gasteiger partial charge on any atom is -0.494 e. The molecule has 0 atom stereocenters. The van der Waals surface area contributed by atoms with Gasteiger partial charge in [0.05, 0.1) is 18.9 Å². The highest BCUT2D eigenvalue weighted by Crippen LogP contribution is 2.34. The number of ether oxygens (including phenoxy) is 1. The minimum absolute atomic E-state index is 0.0405. The van der Waals surface area contributed by atoms with Crippen LogP contribution in [-0.4, -0.2) is 37.2 Å². The van der Waals surface area contributed by atoms with Gasteiger partial charge in [0.25, 0.3) is 10.0 Å². The molecule has 1 N–H and O–H groups in total. The maximum absolute atomic E-state index is 12.0. The second-order valence-electron chi connectivity index (χ2n) is 3.23. The Morgan fingerprint density at radius 1 is 1.50 bits per heavy atom. The highest BCUT2D eigenvalue weighted by atomic mass is 32.2. The molecular weight excluding hydrogens is 230 g/mol. The van der Waals surface area contributed by atoms with Crippen molar-refractivity contribution >= 4 is 15.9 Å². The van der Waals surface area contributed by atoms with Gasteiger partial charge in [0, 0.05) is 12.7 Å². The molecule has 0 fully saturated rings. The Morgan fingerprint density at radius 3 is 2.75 bits per heavy atom. The van der Waals surface area contributed by atoms with Crippen molar-refractivity contribution in [3.63, 3.8) is 0 Å². The number of nitrogens with zero attached hydrogens (tertiary/aromatic N) is 2. The van der Waals surface area contributed by atoms with E-state index in [9.17, 15) is 8.42 Å². The molecule has 1 aromatic heterocycles. The predicted molar refractivity (Wildman–Crippen MR) is 57.2 cm³/mol. The predicted octanol–water partition coefficient (Wildman–Crippen LogP) is 0.440. The van der Waals surface area contributed by atoms with Crippen molar-refractivity contribution in [2.75, 3.05) is 13.7 Å². The van der Waals surface area contributed by atoms with Crippen LogP contribution in [0.1, 0.15) is 12.5 Å². The summed E-state index contributed by atoms with van der Waals surface area (Å²) in [7, 11) is -2.19. The molecule has 0 aromatic carbocycles. The molecule has 16 heavy (non-hydrogen) atoms. The topological polar surface area (TPSA) is 83.3 Å². The zero-order chi connectivity index (χ0) is 11.9. The number of rotatable bonds is 2. The van der Waals surface area contributed by atoms with Crippen LogP contribution in [0.25, 0.3) is 0 Å². The fourth-order valence-corrected chi connectivity index (χ4v) is 3.26. The number of pyridine rings is 1. The molecule has 0 amide bonds. The molecular formula is C9H11N3O3S. The zero-order valence-corrected chi connectivity index (χ0v) is 9.71. The van der Waals surface area contributed by atoms with E-state index in [4.69, 9.17) is 10.1 Å². The third-order valence-electron chi connectivity index (χ3n) is 2.44. The van der Waals surface area contributed by atoms with Crippen molar-refractivity contribution in [3.05, 3.63) is 18.0 Å². The first kappa shape index (κ1) is 10.9. The summed E-state index contributed by atoms with van der Waals surface area (Å²) in [5.74, 6) is 0.249. The zero-order valence-electron chi connectivity index (χ0n) is 8.89. The number of amidine groups is 1. The SMILES string of the molecule is CCN1C(=N)c2c(OC)cncc2S1(=O)=O. The molecule has 0 unspecified atom stereocenters. The van der Waals surface area contributed by atoms with Crippen molar-refractivity contribution in [2.24, 2.45) is 0 Å². The maximum Gasteiger partial charge on any atom is 0.267 e. The van der Waals surface area contributed by atoms with Crippen LogP contribution in [-0.2, 0) is 10.0 Å². The van der Waals surface area contributed by atoms with Gasteiger partial charge in [-0.05, 0) is 6.92 Å². The van der Waals surface area contributed by atoms with Crippen LogP contribution in [0.4, 0.5) is 0 Å². The van der Waals surface area contributed by atoms with E-state index in [0.717, 1.165) is 4.31 Å². The van der Waals surface area contributed by atoms with Gasteiger partial charge in [-0.25, -0.2) is 12.7 Å². The lowest BCUT2D eigenvalue weighted by Gasteiger charge is -2.13. The second kappa shape index (κ2) is 3.44. The molecule has 2 heterocycles. The lowest BCUT2D eigenvalue weighted by Crippen LogP contribution is -2.29. The van der Waals surface area contributed by atoms with Gasteiger partial charge >= 0.3 is 0 Å². The first-order valence-electron chi connectivity index (χ1n) is 4.67. The molecule has 1 aliphatic heterocycles. The smallest absolute Gasteiger partial charge is 0.267 e. The average molecular weight is 241 g/mol. The molecule has 1 aliphatic rings. The van der Waals surface area contributed by atoms with Crippen LogP contribution in [0, 0.1) is 5.41 Å². The van der Waals surface area contributed by atoms with Crippen LogP contribution >= 0.6 is 0 Å². The number of fused-ring (bicyclic) bond motifs is 1. The molecule has 2 rings (SSSR count). The van der Waals surface area contributed by atoms with Gasteiger partial charge in [-0.2, -0.15) is 0 Å². The number of nitrogens with one attached hydrogen (secondary N) is 1. The van der Waals surface area contributed by atoms with Crippen LogP contribution in [0.3, 0.4) is 0 Å². The van der Waals surface area contributed by atoms with Crippen molar-refractivity contribution in [2.45, 2.75) is 11.8 Å². The van der Waals surface area contributed by atoms with E-state index in [1.807, 2.05) is 0 Å². The van der Waals surface area contributed by atoms with Gasteiger partial charge in [0.1, 0.15) is 16.5 Å². The third-order valence-corrected chi connectivity index (χ3v) is 4.32. The van der Waals surface area contributed by atoms with E-state index in [1.54, 1.807) is 6.92 Å². The highest BCUT2D eigenvalue weighted by molar-refractivity contribution is 7.90. The Morgan fingerprint density at radius 2 is 2.19 bits per heavy atom. The first-order chi connectivity index (χ1) is 7.54. The van der Waals surface area contributed by atoms with E-state index in [-0.39, 0.29) is 17.3 Å². The summed E-state index contributed by atoms with van der Waals surface area (Å²) in [6.07, 6.45) is 2.65. The molecule has 1 aromatic rings. The first-order valence-corrected chi connectivity index (χ1v) is 6.11. The van der Waals surface area contributed by atoms with Crippen molar-refractivity contribution in [1.29, 1.82) is 5.41 Å². The molecule has 7 heteroatoms. The van der Waals surface area contributed by atoms with Gasteiger partial charge in [0.15, 0.2) is 0 Å². The van der Waals surface area contributed by atoms with Gasteiger partial charge in [-0.15, -0.1) is 0 Å². The summed E-state index contributed by atoms with van der Waals surface area (Å²) < 4.78 is 30.0. The van der Waals surface area contributed by atoms with E-state index in [1.165, 1.54) is 19.5 Å². The summed E-state index contributed by atoms with van der Waals surface area (Å²) in [6, 6.07) is 0. The summed E-state index contributed by atoms with van der Waals surface area (Å²) in [6.45, 7) is 1.90. The quantitative estimate of drug-likeness (QED) is 0.814. The number of hydrogen-bond donors (Lipinski definition) is 1. The maximum atomic E-state index is 12.0. The number of sulfonamides is 1. The number of aromatic nitrogens is 1. The number of hydrogen-bond acceptors (Lipinski definition) is 5. The lowest BCUT2D eigenvalue weighted by atomic mass is 10.2. The van der Waals surface area contributed by atoms with Gasteiger partial charge in [-0.3, -0.25) is 10.4 Å². The summed E-state index contributed by atoms with van der Waals surface area (Å²) in [5, 5.41) is 7.83. The summed E-state index contributed by atoms with van der Waals surface area (Å²) in [4.78, 5) is 3.84. The minimum atomic E-state index is -3.61. The fraction of sp³-hybridized carbons (Fsp3) is 0.333. The highest BCUT2D eigenvalue weighted by Gasteiger charge is 2.40. The summed E-state index contributed by atoms with van der Waals surface area (Å²) >= 11 is 0. The van der Waals surface area contributed by atoms with Crippen LogP contribution in [0.15, 0.2) is 17.3 Å². The standard InChI is InChI=1S/C9H11N3O3S/c1-3-12-9(10)8-6(15-2)4-11-5-7(8)16(12,13)14/h4-5,10H,3H2,1-2H3. The summed E-state index contributed by atoms with van der Waals surface area (Å²) in [5.41, 5.74) is 0.291. The Bertz CT molecular complexity index is 553. The normalized spacial score (nSPS) is 17.4. The molecule has 0 radical (unpaired) electrons. The Hall–Kier alpha value is -1.63. The van der Waals surface area contributed by atoms with Crippen molar-refractivity contribution < 1.29 is 13.2 Å². The van der Waals surface area contributed by atoms with E-state index in [2.05, 4.69) is 4.98 Å². The number of methoxy groups -OCH3 is 1. The molecule has 86 valence electrons. The van der Waals surface area contributed by atoms with Gasteiger partial charge < -0.3 is 4.74 Å². The van der Waals surface area contributed by atoms with Gasteiger partial charge in [0.2, 0.25) is 0 Å². The average Bonchev–Trinajstić information content (AvgIpc) is 2.47. The molecule has 0 saturated carbocycles. The largest absolute Gasteiger partial charge is 0.494 e. The molecule has 0 saturated heterocycles. The van der Waals surface area contributed by atoms with Crippen LogP contribution in [0.2, 0.25) is 0 Å². The van der Waals surface area contributed by atoms with E-state index in [0.29, 0.717) is 11.3 Å². The Balaban J connectivity index is 2.76. The van der Waals surface area contributed by atoms with Crippen molar-refractivity contribution in [3.8, 4) is 5.75 Å². The molecule has 6 nitrogen and oxygen atoms in total. The van der Waals surface area contributed by atoms with Crippen LogP contribution < -0.4 is 4.74 Å². The molecule has 0 bridgehead atoms. The lowest BCUT2D eigenvalue weighted by molar-refractivity contribution is 0.410.